The van der Waals surface area contributed by atoms with Crippen LogP contribution in [-0.2, 0) is 16.1 Å². The Morgan fingerprint density at radius 2 is 1.73 bits per heavy atom. The van der Waals surface area contributed by atoms with Crippen molar-refractivity contribution in [3.8, 4) is 0 Å². The summed E-state index contributed by atoms with van der Waals surface area (Å²) < 4.78 is 0. The van der Waals surface area contributed by atoms with Crippen molar-refractivity contribution in [2.75, 3.05) is 32.7 Å². The van der Waals surface area contributed by atoms with Crippen LogP contribution in [0.1, 0.15) is 56.2 Å². The quantitative estimate of drug-likeness (QED) is 0.213. The van der Waals surface area contributed by atoms with Crippen molar-refractivity contribution < 1.29 is 34.2 Å². The first kappa shape index (κ1) is 30.4. The number of rotatable bonds is 11. The molecular weight excluding hydrogens is 552 g/mol. The number of hydrogen-bond donors (Lipinski definition) is 6. The molecule has 41 heavy (non-hydrogen) atoms. The van der Waals surface area contributed by atoms with Crippen LogP contribution in [0, 0.1) is 11.3 Å². The van der Waals surface area contributed by atoms with Crippen LogP contribution in [0.2, 0.25) is 0 Å². The van der Waals surface area contributed by atoms with Gasteiger partial charge in [0.15, 0.2) is 0 Å². The molecule has 226 valence electrons. The molecule has 4 rings (SSSR count). The fraction of sp³-hybridized carbons (Fsp3) is 0.667. The van der Waals surface area contributed by atoms with E-state index in [1.165, 1.54) is 29.1 Å². The number of carbonyl (C=O) groups is 5. The highest BCUT2D eigenvalue weighted by Crippen LogP contribution is 2.53. The average molecular weight is 593 g/mol. The molecule has 0 radical (unpaired) electrons. The molecule has 1 saturated carbocycles. The number of urea groups is 1. The van der Waals surface area contributed by atoms with Gasteiger partial charge in [-0.05, 0) is 68.2 Å². The molecule has 0 bridgehead atoms. The number of amides is 6. The Morgan fingerprint density at radius 1 is 0.976 bits per heavy atom. The molecule has 13 nitrogen and oxygen atoms in total. The van der Waals surface area contributed by atoms with Crippen LogP contribution in [0.4, 0.5) is 14.4 Å². The molecule has 6 amide bonds. The normalized spacial score (nSPS) is 22.0. The average Bonchev–Trinajstić information content (AvgIpc) is 3.47. The Hall–Kier alpha value is -3.55. The van der Waals surface area contributed by atoms with Crippen molar-refractivity contribution in [1.29, 1.82) is 0 Å². The van der Waals surface area contributed by atoms with Gasteiger partial charge >= 0.3 is 18.2 Å². The summed E-state index contributed by atoms with van der Waals surface area (Å²) in [7, 11) is 0. The van der Waals surface area contributed by atoms with Crippen molar-refractivity contribution >= 4 is 41.4 Å². The van der Waals surface area contributed by atoms with E-state index in [4.69, 9.17) is 5.11 Å². The van der Waals surface area contributed by atoms with Gasteiger partial charge in [-0.25, -0.2) is 14.4 Å². The number of unbranched alkanes of at least 4 members (excludes halogenated alkanes) is 1. The first-order chi connectivity index (χ1) is 19.7. The second-order valence-electron chi connectivity index (χ2n) is 11.2. The van der Waals surface area contributed by atoms with E-state index in [0.717, 1.165) is 17.7 Å². The van der Waals surface area contributed by atoms with Crippen LogP contribution in [0.15, 0.2) is 17.5 Å². The molecule has 1 aromatic heterocycles. The summed E-state index contributed by atoms with van der Waals surface area (Å²) in [6.45, 7) is 2.23. The highest BCUT2D eigenvalue weighted by atomic mass is 32.1. The zero-order chi connectivity index (χ0) is 29.4. The molecule has 1 aromatic rings. The number of carbonyl (C=O) groups excluding carboxylic acids is 3. The van der Waals surface area contributed by atoms with E-state index in [1.807, 2.05) is 22.4 Å². The minimum atomic E-state index is -1.34. The fourth-order valence-corrected chi connectivity index (χ4v) is 6.36. The van der Waals surface area contributed by atoms with Gasteiger partial charge in [0.25, 0.3) is 0 Å². The highest BCUT2D eigenvalue weighted by Gasteiger charge is 2.46. The minimum absolute atomic E-state index is 0.0432. The number of likely N-dealkylation sites (tertiary alicyclic amines) is 2. The van der Waals surface area contributed by atoms with Gasteiger partial charge in [0.1, 0.15) is 6.04 Å². The molecule has 3 heterocycles. The summed E-state index contributed by atoms with van der Waals surface area (Å²) in [4.78, 5) is 66.3. The van der Waals surface area contributed by atoms with E-state index < -0.39 is 36.1 Å². The van der Waals surface area contributed by atoms with Crippen molar-refractivity contribution in [1.82, 2.24) is 31.1 Å². The smallest absolute Gasteiger partial charge is 0.405 e. The lowest BCUT2D eigenvalue weighted by Crippen LogP contribution is -2.60. The number of carboxylic acid groups (broad SMARTS) is 2. The first-order valence-corrected chi connectivity index (χ1v) is 15.1. The van der Waals surface area contributed by atoms with E-state index in [1.54, 1.807) is 0 Å². The Labute approximate surface area is 243 Å². The fourth-order valence-electron chi connectivity index (χ4n) is 5.72. The molecule has 2 aliphatic heterocycles. The Morgan fingerprint density at radius 3 is 2.37 bits per heavy atom. The summed E-state index contributed by atoms with van der Waals surface area (Å²) in [6, 6.07) is 2.12. The third kappa shape index (κ3) is 8.72. The van der Waals surface area contributed by atoms with E-state index in [2.05, 4.69) is 21.3 Å². The molecule has 3 aliphatic rings. The van der Waals surface area contributed by atoms with Crippen molar-refractivity contribution in [2.24, 2.45) is 11.3 Å². The van der Waals surface area contributed by atoms with Gasteiger partial charge in [-0.2, -0.15) is 0 Å². The lowest BCUT2D eigenvalue weighted by Gasteiger charge is -2.40. The molecule has 1 aliphatic carbocycles. The number of nitrogens with zero attached hydrogens (tertiary/aromatic N) is 2. The number of thiophene rings is 1. The lowest BCUT2D eigenvalue weighted by atomic mass is 9.90. The molecule has 2 saturated heterocycles. The van der Waals surface area contributed by atoms with Crippen LogP contribution in [0.3, 0.4) is 0 Å². The standard InChI is InChI=1S/C27H40N6O7S/c34-22(29-16-18-4-3-15-41-18)19-17-33(23(35)21(31-26(39)40)5-1-2-11-28-25(37)38)12-6-20(19)30-24(36)32-13-9-27(7-8-27)10-14-32/h3-4,15,19-21,28,31H,1-2,5-14,16-17H2,(H,29,34)(H,30,36)(H,37,38)(H,39,40)/t19-,20+,21+/m0/s1. The maximum Gasteiger partial charge on any atom is 0.405 e. The third-order valence-electron chi connectivity index (χ3n) is 8.45. The van der Waals surface area contributed by atoms with Gasteiger partial charge in [-0.1, -0.05) is 6.07 Å². The molecule has 1 spiro atoms. The zero-order valence-corrected chi connectivity index (χ0v) is 23.9. The number of piperidine rings is 2. The van der Waals surface area contributed by atoms with Gasteiger partial charge < -0.3 is 41.3 Å². The summed E-state index contributed by atoms with van der Waals surface area (Å²) >= 11 is 1.52. The Bertz CT molecular complexity index is 1090. The summed E-state index contributed by atoms with van der Waals surface area (Å²) in [5.74, 6) is -1.43. The SMILES string of the molecule is O=C(O)NCCCC[C@@H](NC(=O)O)C(=O)N1CC[C@@H](NC(=O)N2CCC3(CC2)CC3)[C@@H](C(=O)NCc2cccs2)C1. The van der Waals surface area contributed by atoms with Crippen LogP contribution in [0.5, 0.6) is 0 Å². The molecule has 3 fully saturated rings. The van der Waals surface area contributed by atoms with E-state index in [-0.39, 0.29) is 38.0 Å². The second kappa shape index (κ2) is 13.9. The zero-order valence-electron chi connectivity index (χ0n) is 23.1. The van der Waals surface area contributed by atoms with Crippen molar-refractivity contribution in [3.05, 3.63) is 22.4 Å². The maximum atomic E-state index is 13.4. The number of nitrogens with one attached hydrogen (secondary N) is 4. The molecular formula is C27H40N6O7S. The predicted octanol–water partition coefficient (Wildman–Crippen LogP) is 2.24. The molecule has 0 aromatic carbocycles. The highest BCUT2D eigenvalue weighted by molar-refractivity contribution is 7.09. The van der Waals surface area contributed by atoms with Crippen molar-refractivity contribution in [2.45, 2.75) is 70.0 Å². The predicted molar refractivity (Wildman–Crippen MR) is 150 cm³/mol. The van der Waals surface area contributed by atoms with Gasteiger partial charge in [-0.3, -0.25) is 9.59 Å². The Balaban J connectivity index is 1.38. The summed E-state index contributed by atoms with van der Waals surface area (Å²) in [5, 5.41) is 30.5. The maximum absolute atomic E-state index is 13.4. The molecule has 0 unspecified atom stereocenters. The van der Waals surface area contributed by atoms with Gasteiger partial charge in [0, 0.05) is 43.6 Å². The minimum Gasteiger partial charge on any atom is -0.465 e. The lowest BCUT2D eigenvalue weighted by molar-refractivity contribution is -0.138. The third-order valence-corrected chi connectivity index (χ3v) is 9.32. The van der Waals surface area contributed by atoms with Gasteiger partial charge in [-0.15, -0.1) is 11.3 Å². The Kier molecular flexibility index (Phi) is 10.3. The van der Waals surface area contributed by atoms with E-state index in [9.17, 15) is 29.1 Å². The van der Waals surface area contributed by atoms with Gasteiger partial charge in [0.2, 0.25) is 11.8 Å². The monoisotopic (exact) mass is 592 g/mol. The summed E-state index contributed by atoms with van der Waals surface area (Å²) in [6.07, 6.45) is 3.40. The van der Waals surface area contributed by atoms with Crippen LogP contribution in [-0.4, -0.2) is 94.9 Å². The van der Waals surface area contributed by atoms with Crippen LogP contribution < -0.4 is 21.3 Å². The summed E-state index contributed by atoms with van der Waals surface area (Å²) in [5.41, 5.74) is 0.431. The molecule has 3 atom stereocenters. The van der Waals surface area contributed by atoms with Crippen LogP contribution in [0.25, 0.3) is 0 Å². The second-order valence-corrected chi connectivity index (χ2v) is 12.3. The largest absolute Gasteiger partial charge is 0.465 e. The van der Waals surface area contributed by atoms with E-state index >= 15 is 0 Å². The first-order valence-electron chi connectivity index (χ1n) is 14.3. The van der Waals surface area contributed by atoms with Gasteiger partial charge in [0.05, 0.1) is 12.5 Å². The van der Waals surface area contributed by atoms with Crippen molar-refractivity contribution in [3.63, 3.8) is 0 Å². The molecule has 14 heteroatoms. The number of hydrogen-bond acceptors (Lipinski definition) is 6. The topological polar surface area (TPSA) is 180 Å². The van der Waals surface area contributed by atoms with Crippen LogP contribution >= 0.6 is 11.3 Å². The van der Waals surface area contributed by atoms with E-state index in [0.29, 0.717) is 44.3 Å². The molecule has 6 N–H and O–H groups in total.